The van der Waals surface area contributed by atoms with E-state index in [1.807, 2.05) is 0 Å². The van der Waals surface area contributed by atoms with Gasteiger partial charge in [-0.15, -0.1) is 0 Å². The molecule has 0 aliphatic rings. The lowest BCUT2D eigenvalue weighted by atomic mass is 10.1. The number of rotatable bonds is 4. The third kappa shape index (κ3) is 4.94. The molecule has 2 N–H and O–H groups in total. The Balaban J connectivity index is 2.21. The molecular weight excluding hydrogens is 333 g/mol. The Labute approximate surface area is 142 Å². The minimum absolute atomic E-state index is 0.0971. The fourth-order valence-corrected chi connectivity index (χ4v) is 2.11. The highest BCUT2D eigenvalue weighted by Gasteiger charge is 2.35. The summed E-state index contributed by atoms with van der Waals surface area (Å²) in [5, 5.41) is 4.79. The van der Waals surface area contributed by atoms with Gasteiger partial charge < -0.3 is 10.6 Å². The fraction of sp³-hybridized carbons (Fsp3) is 0.111. The van der Waals surface area contributed by atoms with Crippen molar-refractivity contribution in [1.29, 1.82) is 0 Å². The van der Waals surface area contributed by atoms with Gasteiger partial charge in [0.1, 0.15) is 0 Å². The zero-order valence-corrected chi connectivity index (χ0v) is 13.2. The van der Waals surface area contributed by atoms with Gasteiger partial charge in [-0.1, -0.05) is 30.3 Å². The van der Waals surface area contributed by atoms with Crippen molar-refractivity contribution >= 4 is 23.1 Å². The number of anilines is 1. The summed E-state index contributed by atoms with van der Waals surface area (Å²) in [6.07, 6.45) is -4.15. The van der Waals surface area contributed by atoms with Gasteiger partial charge in [0.05, 0.1) is 5.57 Å². The first-order valence-electron chi connectivity index (χ1n) is 7.28. The summed E-state index contributed by atoms with van der Waals surface area (Å²) in [5.41, 5.74) is -0.479. The molecule has 2 rings (SSSR count). The molecule has 0 saturated carbocycles. The predicted molar refractivity (Wildman–Crippen MR) is 88.9 cm³/mol. The molecule has 0 fully saturated rings. The highest BCUT2D eigenvalue weighted by atomic mass is 19.4. The largest absolute Gasteiger partial charge is 0.417 e. The van der Waals surface area contributed by atoms with Gasteiger partial charge in [0.25, 0.3) is 5.91 Å². The summed E-state index contributed by atoms with van der Waals surface area (Å²) in [4.78, 5) is 23.4. The number of allylic oxidation sites excluding steroid dienone is 1. The molecule has 2 aromatic rings. The van der Waals surface area contributed by atoms with E-state index in [4.69, 9.17) is 0 Å². The van der Waals surface area contributed by atoms with Crippen molar-refractivity contribution in [1.82, 2.24) is 5.32 Å². The van der Waals surface area contributed by atoms with E-state index in [0.717, 1.165) is 0 Å². The van der Waals surface area contributed by atoms with Crippen molar-refractivity contribution in [3.8, 4) is 0 Å². The molecule has 0 saturated heterocycles. The first-order chi connectivity index (χ1) is 11.8. The van der Waals surface area contributed by atoms with Crippen LogP contribution in [0.4, 0.5) is 18.9 Å². The molecule has 0 heterocycles. The third-order valence-corrected chi connectivity index (χ3v) is 3.31. The van der Waals surface area contributed by atoms with Crippen LogP contribution in [0, 0.1) is 0 Å². The minimum Gasteiger partial charge on any atom is -0.355 e. The maximum atomic E-state index is 13.2. The Kier molecular flexibility index (Phi) is 5.59. The number of benzene rings is 2. The first kappa shape index (κ1) is 18.3. The molecule has 2 amide bonds. The molecule has 4 nitrogen and oxygen atoms in total. The SMILES string of the molecule is CNC(=O)c1ccc(NC(=O)/C=C(\c2ccccc2)C(F)(F)F)cc1. The molecule has 0 spiro atoms. The van der Waals surface area contributed by atoms with Crippen LogP contribution in [0.5, 0.6) is 0 Å². The summed E-state index contributed by atoms with van der Waals surface area (Å²) in [7, 11) is 1.48. The van der Waals surface area contributed by atoms with Crippen molar-refractivity contribution in [3.05, 3.63) is 71.8 Å². The lowest BCUT2D eigenvalue weighted by Crippen LogP contribution is -2.18. The monoisotopic (exact) mass is 348 g/mol. The van der Waals surface area contributed by atoms with Crippen molar-refractivity contribution in [2.75, 3.05) is 12.4 Å². The number of nitrogens with one attached hydrogen (secondary N) is 2. The van der Waals surface area contributed by atoms with Crippen LogP contribution < -0.4 is 10.6 Å². The van der Waals surface area contributed by atoms with E-state index in [-0.39, 0.29) is 17.2 Å². The van der Waals surface area contributed by atoms with Gasteiger partial charge in [-0.2, -0.15) is 13.2 Å². The molecule has 2 aromatic carbocycles. The van der Waals surface area contributed by atoms with Crippen LogP contribution in [0.3, 0.4) is 0 Å². The number of carbonyl (C=O) groups is 2. The average molecular weight is 348 g/mol. The molecule has 0 bridgehead atoms. The van der Waals surface area contributed by atoms with Crippen LogP contribution in [-0.2, 0) is 4.79 Å². The van der Waals surface area contributed by atoms with E-state index < -0.39 is 17.7 Å². The molecule has 25 heavy (non-hydrogen) atoms. The highest BCUT2D eigenvalue weighted by molar-refractivity contribution is 6.05. The van der Waals surface area contributed by atoms with E-state index >= 15 is 0 Å². The van der Waals surface area contributed by atoms with Crippen molar-refractivity contribution in [2.45, 2.75) is 6.18 Å². The summed E-state index contributed by atoms with van der Waals surface area (Å²) in [6.45, 7) is 0. The van der Waals surface area contributed by atoms with Crippen LogP contribution in [0.1, 0.15) is 15.9 Å². The Morgan fingerprint density at radius 1 is 0.920 bits per heavy atom. The summed E-state index contributed by atoms with van der Waals surface area (Å²) >= 11 is 0. The van der Waals surface area contributed by atoms with Crippen molar-refractivity contribution < 1.29 is 22.8 Å². The number of amides is 2. The highest BCUT2D eigenvalue weighted by Crippen LogP contribution is 2.33. The predicted octanol–water partition coefficient (Wildman–Crippen LogP) is 3.63. The molecule has 0 aromatic heterocycles. The van der Waals surface area contributed by atoms with Gasteiger partial charge in [0, 0.05) is 24.4 Å². The lowest BCUT2D eigenvalue weighted by molar-refractivity contribution is -0.112. The van der Waals surface area contributed by atoms with Crippen LogP contribution in [-0.4, -0.2) is 25.0 Å². The number of halogens is 3. The summed E-state index contributed by atoms with van der Waals surface area (Å²) < 4.78 is 39.6. The number of hydrogen-bond donors (Lipinski definition) is 2. The Morgan fingerprint density at radius 3 is 2.04 bits per heavy atom. The van der Waals surface area contributed by atoms with E-state index in [9.17, 15) is 22.8 Å². The minimum atomic E-state index is -4.66. The normalized spacial score (nSPS) is 11.8. The zero-order chi connectivity index (χ0) is 18.4. The van der Waals surface area contributed by atoms with Crippen LogP contribution in [0.2, 0.25) is 0 Å². The molecule has 7 heteroatoms. The second-order valence-electron chi connectivity index (χ2n) is 5.07. The smallest absolute Gasteiger partial charge is 0.355 e. The van der Waals surface area contributed by atoms with E-state index in [2.05, 4.69) is 10.6 Å². The van der Waals surface area contributed by atoms with E-state index in [0.29, 0.717) is 11.6 Å². The number of carbonyl (C=O) groups excluding carboxylic acids is 2. The summed E-state index contributed by atoms with van der Waals surface area (Å²) in [6, 6.07) is 12.9. The van der Waals surface area contributed by atoms with Crippen LogP contribution in [0.15, 0.2) is 60.7 Å². The molecule has 0 aliphatic carbocycles. The second-order valence-corrected chi connectivity index (χ2v) is 5.07. The van der Waals surface area contributed by atoms with Gasteiger partial charge >= 0.3 is 6.18 Å². The topological polar surface area (TPSA) is 58.2 Å². The van der Waals surface area contributed by atoms with E-state index in [1.54, 1.807) is 6.07 Å². The Morgan fingerprint density at radius 2 is 1.52 bits per heavy atom. The third-order valence-electron chi connectivity index (χ3n) is 3.31. The molecule has 130 valence electrons. The Hall–Kier alpha value is -3.09. The first-order valence-corrected chi connectivity index (χ1v) is 7.28. The van der Waals surface area contributed by atoms with Gasteiger partial charge in [-0.3, -0.25) is 9.59 Å². The van der Waals surface area contributed by atoms with Gasteiger partial charge in [-0.25, -0.2) is 0 Å². The van der Waals surface area contributed by atoms with Gasteiger partial charge in [0.15, 0.2) is 0 Å². The van der Waals surface area contributed by atoms with Crippen molar-refractivity contribution in [3.63, 3.8) is 0 Å². The van der Waals surface area contributed by atoms with Gasteiger partial charge in [0.2, 0.25) is 5.91 Å². The van der Waals surface area contributed by atoms with Crippen LogP contribution in [0.25, 0.3) is 5.57 Å². The average Bonchev–Trinajstić information content (AvgIpc) is 2.59. The number of alkyl halides is 3. The fourth-order valence-electron chi connectivity index (χ4n) is 2.11. The quantitative estimate of drug-likeness (QED) is 0.829. The molecule has 0 radical (unpaired) electrons. The standard InChI is InChI=1S/C18H15F3N2O2/c1-22-17(25)13-7-9-14(10-8-13)23-16(24)11-15(18(19,20)21)12-5-3-2-4-6-12/h2-11H,1H3,(H,22,25)(H,23,24)/b15-11+. The number of hydrogen-bond acceptors (Lipinski definition) is 2. The van der Waals surface area contributed by atoms with E-state index in [1.165, 1.54) is 55.6 Å². The lowest BCUT2D eigenvalue weighted by Gasteiger charge is -2.12. The maximum absolute atomic E-state index is 13.2. The zero-order valence-electron chi connectivity index (χ0n) is 13.2. The summed E-state index contributed by atoms with van der Waals surface area (Å²) in [5.74, 6) is -1.22. The van der Waals surface area contributed by atoms with Crippen molar-refractivity contribution in [2.24, 2.45) is 0 Å². The second kappa shape index (κ2) is 7.65. The Bertz CT molecular complexity index is 782. The van der Waals surface area contributed by atoms with Crippen LogP contribution >= 0.6 is 0 Å². The van der Waals surface area contributed by atoms with Gasteiger partial charge in [-0.05, 0) is 29.8 Å². The molecule has 0 aliphatic heterocycles. The molecule has 0 unspecified atom stereocenters. The maximum Gasteiger partial charge on any atom is 0.417 e. The molecule has 0 atom stereocenters. The molecular formula is C18H15F3N2O2.